The van der Waals surface area contributed by atoms with Gasteiger partial charge in [0, 0.05) is 26.2 Å². The summed E-state index contributed by atoms with van der Waals surface area (Å²) in [4.78, 5) is 2.43. The van der Waals surface area contributed by atoms with E-state index in [-0.39, 0.29) is 6.04 Å². The number of piperidine rings is 1. The normalized spacial score (nSPS) is 21.9. The Hall–Kier alpha value is -0.900. The average molecular weight is 276 g/mol. The number of aryl methyl sites for hydroxylation is 1. The van der Waals surface area contributed by atoms with Crippen LogP contribution in [0.5, 0.6) is 0 Å². The second kappa shape index (κ2) is 7.77. The van der Waals surface area contributed by atoms with E-state index in [1.54, 1.807) is 7.11 Å². The van der Waals surface area contributed by atoms with E-state index in [9.17, 15) is 0 Å². The van der Waals surface area contributed by atoms with Gasteiger partial charge < -0.3 is 10.5 Å². The van der Waals surface area contributed by atoms with Gasteiger partial charge in [-0.05, 0) is 36.9 Å². The van der Waals surface area contributed by atoms with Crippen molar-refractivity contribution in [3.05, 3.63) is 35.4 Å². The van der Waals surface area contributed by atoms with Gasteiger partial charge in [-0.2, -0.15) is 0 Å². The van der Waals surface area contributed by atoms with Gasteiger partial charge in [0.2, 0.25) is 0 Å². The highest BCUT2D eigenvalue weighted by molar-refractivity contribution is 5.25. The molecule has 0 aromatic heterocycles. The van der Waals surface area contributed by atoms with E-state index in [4.69, 9.17) is 10.5 Å². The monoisotopic (exact) mass is 276 g/mol. The van der Waals surface area contributed by atoms with E-state index >= 15 is 0 Å². The molecule has 2 unspecified atom stereocenters. The van der Waals surface area contributed by atoms with Crippen LogP contribution in [0.25, 0.3) is 0 Å². The fraction of sp³-hybridized carbons (Fsp3) is 0.647. The van der Waals surface area contributed by atoms with Crippen LogP contribution >= 0.6 is 0 Å². The number of rotatable bonds is 6. The maximum absolute atomic E-state index is 6.35. The first-order chi connectivity index (χ1) is 9.72. The van der Waals surface area contributed by atoms with Gasteiger partial charge in [0.1, 0.15) is 0 Å². The third-order valence-corrected chi connectivity index (χ3v) is 4.20. The van der Waals surface area contributed by atoms with Crippen LogP contribution in [0.15, 0.2) is 24.3 Å². The molecule has 0 radical (unpaired) electrons. The summed E-state index contributed by atoms with van der Waals surface area (Å²) < 4.78 is 5.47. The van der Waals surface area contributed by atoms with Gasteiger partial charge in [-0.25, -0.2) is 0 Å². The summed E-state index contributed by atoms with van der Waals surface area (Å²) in [7, 11) is 1.81. The maximum atomic E-state index is 6.35. The van der Waals surface area contributed by atoms with Crippen molar-refractivity contribution < 1.29 is 4.74 Å². The third kappa shape index (κ3) is 4.30. The molecule has 2 rings (SSSR count). The minimum atomic E-state index is 0.0984. The summed E-state index contributed by atoms with van der Waals surface area (Å²) >= 11 is 0. The largest absolute Gasteiger partial charge is 0.380 e. The molecule has 1 aromatic rings. The van der Waals surface area contributed by atoms with Crippen molar-refractivity contribution in [2.45, 2.75) is 44.8 Å². The maximum Gasteiger partial charge on any atom is 0.0698 e. The lowest BCUT2D eigenvalue weighted by molar-refractivity contribution is 0.0294. The Kier molecular flexibility index (Phi) is 6.02. The molecule has 1 aliphatic heterocycles. The zero-order valence-corrected chi connectivity index (χ0v) is 12.8. The van der Waals surface area contributed by atoms with Gasteiger partial charge in [0.25, 0.3) is 0 Å². The highest BCUT2D eigenvalue weighted by Crippen LogP contribution is 2.18. The smallest absolute Gasteiger partial charge is 0.0698 e. The number of ether oxygens (including phenoxy) is 1. The van der Waals surface area contributed by atoms with E-state index in [0.717, 1.165) is 26.1 Å². The van der Waals surface area contributed by atoms with Gasteiger partial charge >= 0.3 is 0 Å². The molecule has 2 N–H and O–H groups in total. The minimum Gasteiger partial charge on any atom is -0.380 e. The molecule has 0 bridgehead atoms. The molecule has 0 saturated carbocycles. The van der Waals surface area contributed by atoms with E-state index in [2.05, 4.69) is 36.1 Å². The minimum absolute atomic E-state index is 0.0984. The molecule has 2 atom stereocenters. The van der Waals surface area contributed by atoms with Gasteiger partial charge in [0.15, 0.2) is 0 Å². The Morgan fingerprint density at radius 1 is 1.35 bits per heavy atom. The van der Waals surface area contributed by atoms with Crippen LogP contribution in [0.4, 0.5) is 0 Å². The van der Waals surface area contributed by atoms with Gasteiger partial charge in [-0.3, -0.25) is 4.90 Å². The molecule has 1 aliphatic rings. The second-order valence-electron chi connectivity index (χ2n) is 5.86. The molecular weight excluding hydrogens is 248 g/mol. The van der Waals surface area contributed by atoms with Crippen LogP contribution in [0.1, 0.15) is 43.4 Å². The number of likely N-dealkylation sites (tertiary alicyclic amines) is 1. The van der Waals surface area contributed by atoms with Crippen molar-refractivity contribution in [1.82, 2.24) is 4.90 Å². The molecule has 3 heteroatoms. The van der Waals surface area contributed by atoms with Crippen molar-refractivity contribution in [3.63, 3.8) is 0 Å². The van der Waals surface area contributed by atoms with Crippen molar-refractivity contribution in [2.75, 3.05) is 26.7 Å². The summed E-state index contributed by atoms with van der Waals surface area (Å²) in [5.41, 5.74) is 9.00. The zero-order valence-electron chi connectivity index (χ0n) is 12.8. The first-order valence-corrected chi connectivity index (χ1v) is 7.82. The lowest BCUT2D eigenvalue weighted by Crippen LogP contribution is -2.42. The third-order valence-electron chi connectivity index (χ3n) is 4.20. The number of methoxy groups -OCH3 is 1. The quantitative estimate of drug-likeness (QED) is 0.868. The van der Waals surface area contributed by atoms with E-state index in [1.165, 1.54) is 30.4 Å². The predicted molar refractivity (Wildman–Crippen MR) is 83.8 cm³/mol. The fourth-order valence-electron chi connectivity index (χ4n) is 2.98. The second-order valence-corrected chi connectivity index (χ2v) is 5.86. The highest BCUT2D eigenvalue weighted by atomic mass is 16.5. The zero-order chi connectivity index (χ0) is 14.4. The fourth-order valence-corrected chi connectivity index (χ4v) is 2.98. The van der Waals surface area contributed by atoms with Crippen LogP contribution in [-0.2, 0) is 11.2 Å². The molecular formula is C17H28N2O. The predicted octanol–water partition coefficient (Wildman–Crippen LogP) is 2.75. The van der Waals surface area contributed by atoms with Crippen LogP contribution < -0.4 is 5.73 Å². The molecule has 1 saturated heterocycles. The lowest BCUT2D eigenvalue weighted by atomic mass is 10.0. The van der Waals surface area contributed by atoms with Crippen LogP contribution in [0, 0.1) is 0 Å². The molecule has 0 spiro atoms. The van der Waals surface area contributed by atoms with E-state index in [0.29, 0.717) is 6.10 Å². The Bertz CT molecular complexity index is 390. The van der Waals surface area contributed by atoms with Crippen molar-refractivity contribution in [1.29, 1.82) is 0 Å². The number of benzene rings is 1. The lowest BCUT2D eigenvalue weighted by Gasteiger charge is -2.33. The number of hydrogen-bond acceptors (Lipinski definition) is 3. The molecule has 0 aliphatic carbocycles. The van der Waals surface area contributed by atoms with Gasteiger partial charge in [0.05, 0.1) is 6.10 Å². The molecule has 112 valence electrons. The average Bonchev–Trinajstić information content (AvgIpc) is 2.48. The van der Waals surface area contributed by atoms with E-state index in [1.807, 2.05) is 0 Å². The van der Waals surface area contributed by atoms with Crippen LogP contribution in [0.2, 0.25) is 0 Å². The molecule has 1 fully saturated rings. The Balaban J connectivity index is 1.88. The first kappa shape index (κ1) is 15.5. The van der Waals surface area contributed by atoms with Crippen LogP contribution in [-0.4, -0.2) is 37.7 Å². The summed E-state index contributed by atoms with van der Waals surface area (Å²) in [6.07, 6.45) is 5.10. The van der Waals surface area contributed by atoms with Crippen molar-refractivity contribution >= 4 is 0 Å². The molecule has 0 amide bonds. The molecule has 1 aromatic carbocycles. The Labute approximate surface area is 123 Å². The highest BCUT2D eigenvalue weighted by Gasteiger charge is 2.21. The summed E-state index contributed by atoms with van der Waals surface area (Å²) in [5.74, 6) is 0. The van der Waals surface area contributed by atoms with Crippen LogP contribution in [0.3, 0.4) is 0 Å². The first-order valence-electron chi connectivity index (χ1n) is 7.82. The van der Waals surface area contributed by atoms with Crippen molar-refractivity contribution in [2.24, 2.45) is 5.73 Å². The molecule has 3 nitrogen and oxygen atoms in total. The summed E-state index contributed by atoms with van der Waals surface area (Å²) in [6.45, 7) is 5.29. The molecule has 20 heavy (non-hydrogen) atoms. The number of hydrogen-bond donors (Lipinski definition) is 1. The molecule has 1 heterocycles. The Morgan fingerprint density at radius 2 is 2.10 bits per heavy atom. The Morgan fingerprint density at radius 3 is 2.75 bits per heavy atom. The van der Waals surface area contributed by atoms with Crippen molar-refractivity contribution in [3.8, 4) is 0 Å². The summed E-state index contributed by atoms with van der Waals surface area (Å²) in [5, 5.41) is 0. The summed E-state index contributed by atoms with van der Waals surface area (Å²) in [6, 6.07) is 8.90. The standard InChI is InChI=1S/C17H28N2O/c1-3-5-14-7-9-15(10-8-14)17(18)13-19-11-4-6-16(12-19)20-2/h7-10,16-17H,3-6,11-13,18H2,1-2H3. The topological polar surface area (TPSA) is 38.5 Å². The SMILES string of the molecule is CCCc1ccc(C(N)CN2CCCC(OC)C2)cc1. The van der Waals surface area contributed by atoms with Gasteiger partial charge in [-0.15, -0.1) is 0 Å². The number of nitrogens with two attached hydrogens (primary N) is 1. The van der Waals surface area contributed by atoms with Gasteiger partial charge in [-0.1, -0.05) is 37.6 Å². The number of nitrogens with zero attached hydrogens (tertiary/aromatic N) is 1. The van der Waals surface area contributed by atoms with E-state index < -0.39 is 0 Å².